The first-order chi connectivity index (χ1) is 11.6. The van der Waals surface area contributed by atoms with Gasteiger partial charge in [0.15, 0.2) is 0 Å². The van der Waals surface area contributed by atoms with Crippen LogP contribution in [0.15, 0.2) is 48.6 Å². The lowest BCUT2D eigenvalue weighted by molar-refractivity contribution is -0.260. The summed E-state index contributed by atoms with van der Waals surface area (Å²) in [6.07, 6.45) is -22.3. The third-order valence-electron chi connectivity index (χ3n) is 2.10. The van der Waals surface area contributed by atoms with Gasteiger partial charge in [0.2, 0.25) is 0 Å². The molecule has 0 aromatic rings. The van der Waals surface area contributed by atoms with Gasteiger partial charge in [-0.1, -0.05) is 25.3 Å². The van der Waals surface area contributed by atoms with Crippen molar-refractivity contribution in [3.05, 3.63) is 48.6 Å². The zero-order valence-corrected chi connectivity index (χ0v) is 12.5. The van der Waals surface area contributed by atoms with Crippen LogP contribution < -0.4 is 0 Å². The van der Waals surface area contributed by atoms with Crippen molar-refractivity contribution in [2.24, 2.45) is 0 Å². The first-order valence-electron chi connectivity index (χ1n) is 5.94. The molecule has 0 spiro atoms. The molecule has 0 amide bonds. The van der Waals surface area contributed by atoms with Crippen LogP contribution in [0.25, 0.3) is 0 Å². The van der Waals surface area contributed by atoms with E-state index in [2.05, 4.69) is 6.58 Å². The molecule has 0 radical (unpaired) electrons. The van der Waals surface area contributed by atoms with E-state index in [0.717, 1.165) is 12.2 Å². The van der Waals surface area contributed by atoms with Crippen LogP contribution in [0.2, 0.25) is 0 Å². The van der Waals surface area contributed by atoms with Crippen LogP contribution in [0, 0.1) is 0 Å². The molecule has 0 aromatic carbocycles. The standard InChI is InChI=1S/C8H3F11.C5H5F3/c1-3(6(11,12)13)4(7(14,15)16)2-5(9,10)8(17,18)19;1-2-3-4-5(6,7)8/h2H,1H2;2-4H,1H2. The molecule has 27 heavy (non-hydrogen) atoms. The molecule has 0 unspecified atom stereocenters. The van der Waals surface area contributed by atoms with Crippen LogP contribution in [0.5, 0.6) is 0 Å². The van der Waals surface area contributed by atoms with E-state index in [0.29, 0.717) is 0 Å². The average molecular weight is 430 g/mol. The van der Waals surface area contributed by atoms with Gasteiger partial charge in [-0.3, -0.25) is 0 Å². The molecule has 0 aliphatic carbocycles. The Morgan fingerprint density at radius 1 is 0.667 bits per heavy atom. The number of hydrogen-bond donors (Lipinski definition) is 0. The van der Waals surface area contributed by atoms with Gasteiger partial charge in [0, 0.05) is 12.2 Å². The van der Waals surface area contributed by atoms with E-state index in [1.807, 2.05) is 6.58 Å². The summed E-state index contributed by atoms with van der Waals surface area (Å²) in [5.74, 6) is -6.08. The lowest BCUT2D eigenvalue weighted by Gasteiger charge is -2.21. The van der Waals surface area contributed by atoms with Gasteiger partial charge in [-0.2, -0.15) is 61.5 Å². The van der Waals surface area contributed by atoms with E-state index in [4.69, 9.17) is 0 Å². The summed E-state index contributed by atoms with van der Waals surface area (Å²) in [7, 11) is 0. The molecule has 0 aliphatic rings. The molecule has 0 aliphatic heterocycles. The highest BCUT2D eigenvalue weighted by atomic mass is 19.4. The summed E-state index contributed by atoms with van der Waals surface area (Å²) >= 11 is 0. The van der Waals surface area contributed by atoms with Crippen molar-refractivity contribution >= 4 is 0 Å². The molecule has 0 nitrogen and oxygen atoms in total. The van der Waals surface area contributed by atoms with Crippen molar-refractivity contribution < 1.29 is 61.5 Å². The van der Waals surface area contributed by atoms with Gasteiger partial charge in [-0.05, 0) is 0 Å². The van der Waals surface area contributed by atoms with E-state index in [1.54, 1.807) is 0 Å². The van der Waals surface area contributed by atoms with Gasteiger partial charge >= 0.3 is 30.6 Å². The topological polar surface area (TPSA) is 0 Å². The normalized spacial score (nSPS) is 14.7. The Morgan fingerprint density at radius 2 is 1.07 bits per heavy atom. The fraction of sp³-hybridized carbons (Fsp3) is 0.385. The van der Waals surface area contributed by atoms with Gasteiger partial charge in [-0.15, -0.1) is 0 Å². The summed E-state index contributed by atoms with van der Waals surface area (Å²) in [5.41, 5.74) is -6.04. The van der Waals surface area contributed by atoms with Crippen LogP contribution in [0.4, 0.5) is 61.5 Å². The Labute approximate surface area is 142 Å². The summed E-state index contributed by atoms with van der Waals surface area (Å²) in [5, 5.41) is 0. The zero-order chi connectivity index (χ0) is 22.5. The van der Waals surface area contributed by atoms with Crippen LogP contribution in [0.1, 0.15) is 0 Å². The SMILES string of the molecule is C=C(C(=CC(F)(F)C(F)(F)F)C(F)(F)F)C(F)(F)F.C=CC=CC(F)(F)F. The summed E-state index contributed by atoms with van der Waals surface area (Å²) in [4.78, 5) is 0. The Morgan fingerprint density at radius 3 is 1.26 bits per heavy atom. The highest BCUT2D eigenvalue weighted by molar-refractivity contribution is 5.37. The second kappa shape index (κ2) is 8.78. The third kappa shape index (κ3) is 10.7. The number of hydrogen-bond acceptors (Lipinski definition) is 0. The minimum Gasteiger partial charge on any atom is -0.191 e. The van der Waals surface area contributed by atoms with Crippen LogP contribution >= 0.6 is 0 Å². The van der Waals surface area contributed by atoms with Crippen LogP contribution in [-0.2, 0) is 0 Å². The average Bonchev–Trinajstić information content (AvgIpc) is 2.38. The van der Waals surface area contributed by atoms with E-state index in [1.165, 1.54) is 0 Å². The van der Waals surface area contributed by atoms with Crippen molar-refractivity contribution in [3.8, 4) is 0 Å². The number of alkyl halides is 14. The van der Waals surface area contributed by atoms with Crippen LogP contribution in [0.3, 0.4) is 0 Å². The third-order valence-corrected chi connectivity index (χ3v) is 2.10. The monoisotopic (exact) mass is 430 g/mol. The lowest BCUT2D eigenvalue weighted by Crippen LogP contribution is -2.36. The molecule has 0 N–H and O–H groups in total. The molecule has 0 saturated carbocycles. The Bertz CT molecular complexity index is 562. The predicted octanol–water partition coefficient (Wildman–Crippen LogP) is 7.08. The molecule has 0 rings (SSSR count). The fourth-order valence-corrected chi connectivity index (χ4v) is 0.933. The molecule has 0 aromatic heterocycles. The smallest absolute Gasteiger partial charge is 0.191 e. The Balaban J connectivity index is 0. The van der Waals surface area contributed by atoms with Crippen LogP contribution in [-0.4, -0.2) is 30.6 Å². The van der Waals surface area contributed by atoms with E-state index in [-0.39, 0.29) is 6.08 Å². The molecule has 0 atom stereocenters. The van der Waals surface area contributed by atoms with Gasteiger partial charge in [0.1, 0.15) is 0 Å². The highest BCUT2D eigenvalue weighted by Crippen LogP contribution is 2.44. The summed E-state index contributed by atoms with van der Waals surface area (Å²) in [6.45, 7) is 4.92. The second-order valence-electron chi connectivity index (χ2n) is 4.29. The van der Waals surface area contributed by atoms with Crippen molar-refractivity contribution in [2.45, 2.75) is 30.6 Å². The van der Waals surface area contributed by atoms with Gasteiger partial charge < -0.3 is 0 Å². The second-order valence-corrected chi connectivity index (χ2v) is 4.29. The minimum absolute atomic E-state index is 0.125. The highest BCUT2D eigenvalue weighted by Gasteiger charge is 2.58. The van der Waals surface area contributed by atoms with Crippen molar-refractivity contribution in [3.63, 3.8) is 0 Å². The fourth-order valence-electron chi connectivity index (χ4n) is 0.933. The van der Waals surface area contributed by atoms with Crippen molar-refractivity contribution in [2.75, 3.05) is 0 Å². The maximum atomic E-state index is 12.3. The molecular weight excluding hydrogens is 422 g/mol. The molecular formula is C13H8F14. The van der Waals surface area contributed by atoms with Gasteiger partial charge in [0.25, 0.3) is 0 Å². The van der Waals surface area contributed by atoms with Gasteiger partial charge in [0.05, 0.1) is 11.1 Å². The minimum atomic E-state index is -6.46. The zero-order valence-electron chi connectivity index (χ0n) is 12.5. The molecule has 158 valence electrons. The lowest BCUT2D eigenvalue weighted by atomic mass is 10.0. The molecule has 14 heteroatoms. The molecule has 0 saturated heterocycles. The van der Waals surface area contributed by atoms with Gasteiger partial charge in [-0.25, -0.2) is 0 Å². The number of halogens is 14. The van der Waals surface area contributed by atoms with E-state index < -0.39 is 47.8 Å². The molecule has 0 bridgehead atoms. The first kappa shape index (κ1) is 27.2. The molecule has 0 fully saturated rings. The number of rotatable bonds is 3. The van der Waals surface area contributed by atoms with Crippen molar-refractivity contribution in [1.29, 1.82) is 0 Å². The first-order valence-corrected chi connectivity index (χ1v) is 5.94. The predicted molar refractivity (Wildman–Crippen MR) is 65.7 cm³/mol. The maximum Gasteiger partial charge on any atom is 0.457 e. The Hall–Kier alpha value is -2.02. The summed E-state index contributed by atoms with van der Waals surface area (Å²) < 4.78 is 165. The van der Waals surface area contributed by atoms with E-state index in [9.17, 15) is 61.5 Å². The number of allylic oxidation sites excluding steroid dienone is 6. The summed E-state index contributed by atoms with van der Waals surface area (Å²) in [6, 6.07) is 0. The van der Waals surface area contributed by atoms with Crippen molar-refractivity contribution in [1.82, 2.24) is 0 Å². The quantitative estimate of drug-likeness (QED) is 0.332. The molecule has 0 heterocycles. The Kier molecular flexibility index (Phi) is 8.84. The largest absolute Gasteiger partial charge is 0.457 e. The van der Waals surface area contributed by atoms with E-state index >= 15 is 0 Å². The maximum absolute atomic E-state index is 12.3.